The fraction of sp³-hybridized carbons (Fsp3) is 0.333. The van der Waals surface area contributed by atoms with Crippen LogP contribution in [0.15, 0.2) is 12.1 Å². The van der Waals surface area contributed by atoms with Gasteiger partial charge in [0.2, 0.25) is 15.8 Å². The highest BCUT2D eigenvalue weighted by Gasteiger charge is 2.19. The second-order valence-electron chi connectivity index (χ2n) is 3.56. The molecule has 1 aromatic rings. The Morgan fingerprint density at radius 3 is 2.47 bits per heavy atom. The smallest absolute Gasteiger partial charge is 0.307 e. The van der Waals surface area contributed by atoms with E-state index < -0.39 is 38.0 Å². The molecular formula is C9H10F2N2O5S. The minimum Gasteiger partial charge on any atom is -0.490 e. The Balaban J connectivity index is 2.70. The molecule has 0 unspecified atom stereocenters. The van der Waals surface area contributed by atoms with Gasteiger partial charge >= 0.3 is 5.69 Å². The van der Waals surface area contributed by atoms with E-state index in [1.807, 2.05) is 0 Å². The summed E-state index contributed by atoms with van der Waals surface area (Å²) in [6.07, 6.45) is -0.0170. The summed E-state index contributed by atoms with van der Waals surface area (Å²) in [5, 5.41) is 15.1. The van der Waals surface area contributed by atoms with Gasteiger partial charge < -0.3 is 4.74 Å². The van der Waals surface area contributed by atoms with Crippen molar-refractivity contribution in [3.05, 3.63) is 33.9 Å². The summed E-state index contributed by atoms with van der Waals surface area (Å²) in [6.45, 7) is -0.218. The molecule has 0 aliphatic heterocycles. The highest BCUT2D eigenvalue weighted by Crippen LogP contribution is 2.26. The van der Waals surface area contributed by atoms with Crippen LogP contribution in [0.1, 0.15) is 6.42 Å². The van der Waals surface area contributed by atoms with Gasteiger partial charge in [0.15, 0.2) is 11.6 Å². The summed E-state index contributed by atoms with van der Waals surface area (Å²) in [5.41, 5.74) is -1.01. The fourth-order valence-electron chi connectivity index (χ4n) is 1.21. The second kappa shape index (κ2) is 5.89. The number of nitro benzene ring substituents is 1. The zero-order chi connectivity index (χ0) is 14.6. The lowest BCUT2D eigenvalue weighted by Crippen LogP contribution is -2.18. The zero-order valence-corrected chi connectivity index (χ0v) is 10.3. The molecule has 0 bridgehead atoms. The van der Waals surface area contributed by atoms with E-state index in [4.69, 9.17) is 9.88 Å². The number of primary sulfonamides is 1. The summed E-state index contributed by atoms with van der Waals surface area (Å²) in [5.74, 6) is -3.25. The van der Waals surface area contributed by atoms with Crippen molar-refractivity contribution in [2.24, 2.45) is 5.14 Å². The maximum atomic E-state index is 13.3. The van der Waals surface area contributed by atoms with Crippen LogP contribution in [0.4, 0.5) is 14.5 Å². The Morgan fingerprint density at radius 2 is 1.95 bits per heavy atom. The van der Waals surface area contributed by atoms with Crippen molar-refractivity contribution in [2.75, 3.05) is 12.4 Å². The van der Waals surface area contributed by atoms with E-state index >= 15 is 0 Å². The number of nitrogens with zero attached hydrogens (tertiary/aromatic N) is 1. The van der Waals surface area contributed by atoms with Crippen molar-refractivity contribution in [2.45, 2.75) is 6.42 Å². The highest BCUT2D eigenvalue weighted by molar-refractivity contribution is 7.89. The first kappa shape index (κ1) is 15.2. The molecule has 0 spiro atoms. The van der Waals surface area contributed by atoms with Crippen molar-refractivity contribution < 1.29 is 26.9 Å². The molecule has 0 saturated carbocycles. The third-order valence-corrected chi connectivity index (χ3v) is 2.89. The molecule has 0 aromatic heterocycles. The first-order valence-corrected chi connectivity index (χ1v) is 6.69. The number of nitro groups is 1. The Hall–Kier alpha value is -1.81. The van der Waals surface area contributed by atoms with Crippen molar-refractivity contribution in [3.63, 3.8) is 0 Å². The number of hydrogen-bond donors (Lipinski definition) is 1. The lowest BCUT2D eigenvalue weighted by molar-refractivity contribution is -0.387. The number of benzene rings is 1. The van der Waals surface area contributed by atoms with Gasteiger partial charge in [-0.15, -0.1) is 0 Å². The highest BCUT2D eigenvalue weighted by atomic mass is 32.2. The monoisotopic (exact) mass is 296 g/mol. The lowest BCUT2D eigenvalue weighted by atomic mass is 10.3. The van der Waals surface area contributed by atoms with Crippen LogP contribution in [0, 0.1) is 21.7 Å². The average molecular weight is 296 g/mol. The predicted molar refractivity (Wildman–Crippen MR) is 61.1 cm³/mol. The van der Waals surface area contributed by atoms with Crippen molar-refractivity contribution in [1.29, 1.82) is 0 Å². The molecule has 10 heteroatoms. The number of hydrogen-bond acceptors (Lipinski definition) is 5. The maximum Gasteiger partial charge on any atom is 0.307 e. The van der Waals surface area contributed by atoms with Crippen molar-refractivity contribution >= 4 is 15.7 Å². The molecule has 0 radical (unpaired) electrons. The number of sulfonamides is 1. The van der Waals surface area contributed by atoms with Gasteiger partial charge in [-0.05, 0) is 6.42 Å². The van der Waals surface area contributed by atoms with Gasteiger partial charge in [-0.2, -0.15) is 4.39 Å². The normalized spacial score (nSPS) is 11.3. The predicted octanol–water partition coefficient (Wildman–Crippen LogP) is 0.930. The van der Waals surface area contributed by atoms with Gasteiger partial charge in [-0.1, -0.05) is 0 Å². The van der Waals surface area contributed by atoms with E-state index in [1.54, 1.807) is 0 Å². The lowest BCUT2D eigenvalue weighted by Gasteiger charge is -2.07. The fourth-order valence-corrected chi connectivity index (χ4v) is 1.73. The third kappa shape index (κ3) is 4.75. The van der Waals surface area contributed by atoms with E-state index in [1.165, 1.54) is 0 Å². The molecular weight excluding hydrogens is 286 g/mol. The van der Waals surface area contributed by atoms with Gasteiger partial charge in [0, 0.05) is 6.07 Å². The Labute approximate surface area is 107 Å². The van der Waals surface area contributed by atoms with E-state index in [-0.39, 0.29) is 18.8 Å². The van der Waals surface area contributed by atoms with E-state index in [2.05, 4.69) is 0 Å². The third-order valence-electron chi connectivity index (χ3n) is 2.03. The molecule has 0 saturated heterocycles. The minimum atomic E-state index is -3.65. The van der Waals surface area contributed by atoms with Crippen LogP contribution in [0.5, 0.6) is 5.75 Å². The molecule has 0 fully saturated rings. The Bertz CT molecular complexity index is 591. The van der Waals surface area contributed by atoms with Crippen LogP contribution in [-0.2, 0) is 10.0 Å². The van der Waals surface area contributed by atoms with Crippen LogP contribution in [0.25, 0.3) is 0 Å². The summed E-state index contributed by atoms with van der Waals surface area (Å²) in [6, 6.07) is 0.925. The molecule has 19 heavy (non-hydrogen) atoms. The quantitative estimate of drug-likeness (QED) is 0.476. The molecule has 0 heterocycles. The van der Waals surface area contributed by atoms with Crippen LogP contribution in [-0.4, -0.2) is 25.7 Å². The van der Waals surface area contributed by atoms with Gasteiger partial charge in [-0.25, -0.2) is 17.9 Å². The minimum absolute atomic E-state index is 0.0170. The summed E-state index contributed by atoms with van der Waals surface area (Å²) in [7, 11) is -3.65. The van der Waals surface area contributed by atoms with E-state index in [9.17, 15) is 27.3 Å². The standard InChI is InChI=1S/C9H10F2N2O5S/c10-6-5-9(7(11)4-8(6)13(14)15)18-2-1-3-19(12,16)17/h4-5H,1-3H2,(H2,12,16,17). The molecule has 106 valence electrons. The number of rotatable bonds is 6. The summed E-state index contributed by atoms with van der Waals surface area (Å²) in [4.78, 5) is 9.27. The molecule has 2 N–H and O–H groups in total. The maximum absolute atomic E-state index is 13.3. The van der Waals surface area contributed by atoms with Gasteiger partial charge in [-0.3, -0.25) is 10.1 Å². The van der Waals surface area contributed by atoms with Crippen molar-refractivity contribution in [3.8, 4) is 5.75 Å². The Morgan fingerprint density at radius 1 is 1.32 bits per heavy atom. The number of ether oxygens (including phenoxy) is 1. The topological polar surface area (TPSA) is 113 Å². The first-order chi connectivity index (χ1) is 8.70. The van der Waals surface area contributed by atoms with E-state index in [0.717, 1.165) is 0 Å². The summed E-state index contributed by atoms with van der Waals surface area (Å²) >= 11 is 0. The zero-order valence-electron chi connectivity index (χ0n) is 9.51. The molecule has 1 rings (SSSR count). The van der Waals surface area contributed by atoms with Gasteiger partial charge in [0.25, 0.3) is 0 Å². The van der Waals surface area contributed by atoms with E-state index in [0.29, 0.717) is 12.1 Å². The second-order valence-corrected chi connectivity index (χ2v) is 5.29. The SMILES string of the molecule is NS(=O)(=O)CCCOc1cc(F)c([N+](=O)[O-])cc1F. The average Bonchev–Trinajstić information content (AvgIpc) is 2.26. The number of halogens is 2. The largest absolute Gasteiger partial charge is 0.490 e. The first-order valence-electron chi connectivity index (χ1n) is 4.97. The molecule has 0 atom stereocenters. The summed E-state index contributed by atoms with van der Waals surface area (Å²) < 4.78 is 52.5. The van der Waals surface area contributed by atoms with Crippen molar-refractivity contribution in [1.82, 2.24) is 0 Å². The molecule has 0 aliphatic rings. The molecule has 0 aliphatic carbocycles. The van der Waals surface area contributed by atoms with Crippen LogP contribution in [0.2, 0.25) is 0 Å². The molecule has 7 nitrogen and oxygen atoms in total. The number of nitrogens with two attached hydrogens (primary N) is 1. The van der Waals surface area contributed by atoms with Gasteiger partial charge in [0.05, 0.1) is 23.3 Å². The van der Waals surface area contributed by atoms with Crippen LogP contribution >= 0.6 is 0 Å². The molecule has 0 amide bonds. The van der Waals surface area contributed by atoms with Crippen LogP contribution < -0.4 is 9.88 Å². The Kier molecular flexibility index (Phi) is 4.72. The van der Waals surface area contributed by atoms with Crippen LogP contribution in [0.3, 0.4) is 0 Å². The van der Waals surface area contributed by atoms with Gasteiger partial charge in [0.1, 0.15) is 0 Å². The molecule has 1 aromatic carbocycles.